The van der Waals surface area contributed by atoms with Crippen molar-refractivity contribution in [2.45, 2.75) is 25.4 Å². The smallest absolute Gasteiger partial charge is 0.325 e. The molecule has 5 N–H and O–H groups in total. The Balaban J connectivity index is 1.38. The summed E-state index contributed by atoms with van der Waals surface area (Å²) in [6.07, 6.45) is 2.00. The summed E-state index contributed by atoms with van der Waals surface area (Å²) in [5.41, 5.74) is 9.84. The summed E-state index contributed by atoms with van der Waals surface area (Å²) >= 11 is 0. The lowest BCUT2D eigenvalue weighted by atomic mass is 10.1. The Kier molecular flexibility index (Phi) is 4.12. The van der Waals surface area contributed by atoms with Gasteiger partial charge in [0.05, 0.1) is 16.6 Å². The number of carbonyl (C=O) groups is 1. The van der Waals surface area contributed by atoms with Gasteiger partial charge in [0.1, 0.15) is 23.0 Å². The van der Waals surface area contributed by atoms with Gasteiger partial charge in [-0.05, 0) is 42.7 Å². The Labute approximate surface area is 199 Å². The van der Waals surface area contributed by atoms with Crippen LogP contribution in [0.15, 0.2) is 30.3 Å². The molecule has 2 aliphatic heterocycles. The van der Waals surface area contributed by atoms with Crippen LogP contribution in [-0.2, 0) is 6.54 Å². The fraction of sp³-hybridized carbons (Fsp3) is 0.320. The van der Waals surface area contributed by atoms with Gasteiger partial charge in [0, 0.05) is 49.1 Å². The van der Waals surface area contributed by atoms with Crippen molar-refractivity contribution in [1.82, 2.24) is 20.3 Å². The van der Waals surface area contributed by atoms with Crippen LogP contribution in [0.2, 0.25) is 0 Å². The topological polar surface area (TPSA) is 121 Å². The van der Waals surface area contributed by atoms with Crippen LogP contribution >= 0.6 is 0 Å². The molecule has 1 aliphatic carbocycles. The Bertz CT molecular complexity index is 1550. The molecule has 3 aliphatic rings. The number of anilines is 2. The number of fused-ring (bicyclic) bond motifs is 4. The van der Waals surface area contributed by atoms with E-state index in [1.165, 1.54) is 12.1 Å². The van der Waals surface area contributed by atoms with Crippen molar-refractivity contribution >= 4 is 39.3 Å². The predicted octanol–water partition coefficient (Wildman–Crippen LogP) is 3.26. The number of nitrogens with two attached hydrogens (primary N) is 1. The first-order valence-corrected chi connectivity index (χ1v) is 11.7. The minimum Gasteiger partial charge on any atom is -0.424 e. The molecule has 2 atom stereocenters. The van der Waals surface area contributed by atoms with E-state index in [9.17, 15) is 9.18 Å². The summed E-state index contributed by atoms with van der Waals surface area (Å²) in [6, 6.07) is 8.70. The van der Waals surface area contributed by atoms with Gasteiger partial charge in [0.25, 0.3) is 5.91 Å². The van der Waals surface area contributed by atoms with Crippen molar-refractivity contribution < 1.29 is 13.9 Å². The van der Waals surface area contributed by atoms with Crippen LogP contribution in [0.1, 0.15) is 28.8 Å². The van der Waals surface area contributed by atoms with Gasteiger partial charge in [-0.1, -0.05) is 6.07 Å². The summed E-state index contributed by atoms with van der Waals surface area (Å²) in [6.45, 7) is 2.11. The molecule has 35 heavy (non-hydrogen) atoms. The van der Waals surface area contributed by atoms with Crippen LogP contribution in [0, 0.1) is 11.2 Å². The molecule has 7 rings (SSSR count). The van der Waals surface area contributed by atoms with E-state index in [-0.39, 0.29) is 29.2 Å². The van der Waals surface area contributed by atoms with Gasteiger partial charge in [0.2, 0.25) is 0 Å². The van der Waals surface area contributed by atoms with Crippen LogP contribution in [0.25, 0.3) is 21.9 Å². The highest BCUT2D eigenvalue weighted by molar-refractivity contribution is 6.14. The Morgan fingerprint density at radius 2 is 2.14 bits per heavy atom. The molecule has 9 nitrogen and oxygen atoms in total. The average Bonchev–Trinajstić information content (AvgIpc) is 3.21. The first-order valence-electron chi connectivity index (χ1n) is 11.7. The highest BCUT2D eigenvalue weighted by atomic mass is 19.1. The minimum absolute atomic E-state index is 0.122. The van der Waals surface area contributed by atoms with E-state index in [0.717, 1.165) is 42.4 Å². The quantitative estimate of drug-likeness (QED) is 0.359. The highest BCUT2D eigenvalue weighted by Crippen LogP contribution is 2.53. The van der Waals surface area contributed by atoms with Gasteiger partial charge in [-0.2, -0.15) is 9.97 Å². The van der Waals surface area contributed by atoms with Crippen molar-refractivity contribution in [2.24, 2.45) is 11.1 Å². The largest absolute Gasteiger partial charge is 0.424 e. The number of rotatable bonds is 4. The molecule has 1 saturated carbocycles. The number of H-pyrrole nitrogens is 1. The average molecular weight is 474 g/mol. The second-order valence-electron chi connectivity index (χ2n) is 9.75. The zero-order valence-electron chi connectivity index (χ0n) is 19.1. The lowest BCUT2D eigenvalue weighted by molar-refractivity contribution is 0.0965. The fourth-order valence-electron chi connectivity index (χ4n) is 5.58. The van der Waals surface area contributed by atoms with E-state index >= 15 is 0 Å². The summed E-state index contributed by atoms with van der Waals surface area (Å²) in [4.78, 5) is 27.1. The van der Waals surface area contributed by atoms with Gasteiger partial charge >= 0.3 is 6.01 Å². The van der Waals surface area contributed by atoms with Gasteiger partial charge in [-0.25, -0.2) is 4.39 Å². The van der Waals surface area contributed by atoms with Gasteiger partial charge < -0.3 is 31.0 Å². The zero-order chi connectivity index (χ0) is 23.9. The third-order valence-electron chi connectivity index (χ3n) is 7.67. The molecule has 1 amide bonds. The summed E-state index contributed by atoms with van der Waals surface area (Å²) in [7, 11) is 1.75. The number of nitrogens with one attached hydrogen (secondary N) is 3. The monoisotopic (exact) mass is 473 g/mol. The van der Waals surface area contributed by atoms with Crippen molar-refractivity contribution in [2.75, 3.05) is 30.4 Å². The maximum absolute atomic E-state index is 14.5. The summed E-state index contributed by atoms with van der Waals surface area (Å²) in [5, 5.41) is 7.33. The van der Waals surface area contributed by atoms with E-state index in [0.29, 0.717) is 40.4 Å². The van der Waals surface area contributed by atoms with E-state index in [2.05, 4.69) is 25.5 Å². The summed E-state index contributed by atoms with van der Waals surface area (Å²) in [5.74, 6) is 0.709. The number of aromatic amines is 1. The molecule has 0 radical (unpaired) electrons. The lowest BCUT2D eigenvalue weighted by Gasteiger charge is -2.19. The van der Waals surface area contributed by atoms with Gasteiger partial charge in [-0.15, -0.1) is 0 Å². The molecule has 2 aromatic heterocycles. The van der Waals surface area contributed by atoms with Crippen molar-refractivity contribution in [1.29, 1.82) is 0 Å². The van der Waals surface area contributed by atoms with E-state index in [1.807, 2.05) is 6.07 Å². The fourth-order valence-corrected chi connectivity index (χ4v) is 5.58. The molecule has 178 valence electrons. The number of nitrogens with zero attached hydrogens (tertiary/aromatic N) is 3. The molecular weight excluding hydrogens is 449 g/mol. The molecule has 4 heterocycles. The molecule has 1 saturated heterocycles. The number of amides is 1. The standard InChI is InChI=1S/C25H24FN7O2/c1-28-17-7-13(26)6-16-19-21(30-20(16)17)31-24(32-22(19)33-5-4-25(11-33)9-18(25)27)35-14-3-2-12-10-29-23(34)15(12)8-14/h2-3,6-8,18,28H,4-5,9-11,27H2,1H3,(H,29,34)(H,30,31,32)/t18-,25-/m1/s1. The van der Waals surface area contributed by atoms with Crippen LogP contribution in [0.5, 0.6) is 11.8 Å². The first kappa shape index (κ1) is 20.5. The number of hydrogen-bond donors (Lipinski definition) is 4. The highest BCUT2D eigenvalue weighted by Gasteiger charge is 2.56. The van der Waals surface area contributed by atoms with Crippen LogP contribution < -0.4 is 26.0 Å². The van der Waals surface area contributed by atoms with Crippen molar-refractivity contribution in [3.05, 3.63) is 47.3 Å². The molecule has 10 heteroatoms. The third-order valence-corrected chi connectivity index (χ3v) is 7.67. The van der Waals surface area contributed by atoms with E-state index in [1.54, 1.807) is 19.2 Å². The Morgan fingerprint density at radius 3 is 2.91 bits per heavy atom. The van der Waals surface area contributed by atoms with Gasteiger partial charge in [0.15, 0.2) is 0 Å². The van der Waals surface area contributed by atoms with Crippen LogP contribution in [0.3, 0.4) is 0 Å². The molecule has 0 unspecified atom stereocenters. The van der Waals surface area contributed by atoms with Crippen LogP contribution in [0.4, 0.5) is 15.9 Å². The number of hydrogen-bond acceptors (Lipinski definition) is 7. The second kappa shape index (κ2) is 7.05. The SMILES string of the molecule is CNc1cc(F)cc2c1[nH]c1nc(Oc3ccc4c(c3)C(=O)NC4)nc(N3CC[C@@]4(C[C@H]4N)C3)c12. The maximum Gasteiger partial charge on any atom is 0.325 e. The zero-order valence-corrected chi connectivity index (χ0v) is 19.1. The number of carbonyl (C=O) groups excluding carboxylic acids is 1. The first-order chi connectivity index (χ1) is 16.9. The third kappa shape index (κ3) is 3.06. The van der Waals surface area contributed by atoms with E-state index in [4.69, 9.17) is 15.5 Å². The minimum atomic E-state index is -0.340. The number of benzene rings is 2. The predicted molar refractivity (Wildman–Crippen MR) is 130 cm³/mol. The van der Waals surface area contributed by atoms with Gasteiger partial charge in [-0.3, -0.25) is 4.79 Å². The molecule has 2 fully saturated rings. The lowest BCUT2D eigenvalue weighted by Crippen LogP contribution is -2.24. The number of ether oxygens (including phenoxy) is 1. The second-order valence-corrected chi connectivity index (χ2v) is 9.75. The Hall–Kier alpha value is -3.92. The number of aromatic nitrogens is 3. The molecule has 1 spiro atoms. The molecule has 0 bridgehead atoms. The number of halogens is 1. The molecular formula is C25H24FN7O2. The normalized spacial score (nSPS) is 22.8. The van der Waals surface area contributed by atoms with Crippen molar-refractivity contribution in [3.63, 3.8) is 0 Å². The summed E-state index contributed by atoms with van der Waals surface area (Å²) < 4.78 is 20.6. The maximum atomic E-state index is 14.5. The Morgan fingerprint density at radius 1 is 1.29 bits per heavy atom. The molecule has 2 aromatic carbocycles. The van der Waals surface area contributed by atoms with Crippen molar-refractivity contribution in [3.8, 4) is 11.8 Å². The van der Waals surface area contributed by atoms with Crippen LogP contribution in [-0.4, -0.2) is 47.0 Å². The van der Waals surface area contributed by atoms with E-state index < -0.39 is 0 Å². The molecule has 4 aromatic rings.